The molecule has 0 aliphatic heterocycles. The molecule has 13 heavy (non-hydrogen) atoms. The van der Waals surface area contributed by atoms with Gasteiger partial charge in [0.05, 0.1) is 0 Å². The highest BCUT2D eigenvalue weighted by molar-refractivity contribution is 5.76. The van der Waals surface area contributed by atoms with Crippen LogP contribution in [0.4, 0.5) is 0 Å². The van der Waals surface area contributed by atoms with E-state index in [1.807, 2.05) is 6.07 Å². The lowest BCUT2D eigenvalue weighted by atomic mass is 10.0. The van der Waals surface area contributed by atoms with Crippen LogP contribution in [0.5, 0.6) is 5.75 Å². The van der Waals surface area contributed by atoms with Gasteiger partial charge in [-0.05, 0) is 24.1 Å². The molecule has 1 amide bonds. The number of aromatic hydroxyl groups is 1. The van der Waals surface area contributed by atoms with E-state index in [-0.39, 0.29) is 17.6 Å². The van der Waals surface area contributed by atoms with Gasteiger partial charge in [0, 0.05) is 5.92 Å². The number of phenols is 1. The van der Waals surface area contributed by atoms with Crippen LogP contribution in [-0.2, 0) is 11.2 Å². The molecule has 1 unspecified atom stereocenters. The van der Waals surface area contributed by atoms with Crippen LogP contribution in [0.3, 0.4) is 0 Å². The zero-order valence-corrected chi connectivity index (χ0v) is 7.53. The van der Waals surface area contributed by atoms with Crippen molar-refractivity contribution in [3.05, 3.63) is 29.8 Å². The minimum absolute atomic E-state index is 0.193. The van der Waals surface area contributed by atoms with Gasteiger partial charge in [-0.2, -0.15) is 0 Å². The molecule has 0 aromatic heterocycles. The van der Waals surface area contributed by atoms with E-state index in [1.54, 1.807) is 25.1 Å². The molecule has 0 radical (unpaired) electrons. The van der Waals surface area contributed by atoms with E-state index < -0.39 is 0 Å². The maximum absolute atomic E-state index is 10.7. The van der Waals surface area contributed by atoms with Gasteiger partial charge in [0.2, 0.25) is 5.91 Å². The van der Waals surface area contributed by atoms with Crippen LogP contribution in [0.2, 0.25) is 0 Å². The van der Waals surface area contributed by atoms with Crippen LogP contribution in [0.15, 0.2) is 24.3 Å². The van der Waals surface area contributed by atoms with Crippen LogP contribution in [0.1, 0.15) is 12.5 Å². The van der Waals surface area contributed by atoms with Gasteiger partial charge in [-0.1, -0.05) is 19.1 Å². The summed E-state index contributed by atoms with van der Waals surface area (Å²) >= 11 is 0. The fourth-order valence-electron chi connectivity index (χ4n) is 1.14. The van der Waals surface area contributed by atoms with E-state index >= 15 is 0 Å². The summed E-state index contributed by atoms with van der Waals surface area (Å²) in [6.07, 6.45) is 0.573. The Hall–Kier alpha value is -1.51. The van der Waals surface area contributed by atoms with Crippen LogP contribution in [0, 0.1) is 5.92 Å². The minimum atomic E-state index is -0.316. The lowest BCUT2D eigenvalue weighted by Crippen LogP contribution is -2.22. The van der Waals surface area contributed by atoms with Gasteiger partial charge in [0.1, 0.15) is 5.75 Å². The molecule has 0 spiro atoms. The number of benzene rings is 1. The second kappa shape index (κ2) is 3.94. The maximum Gasteiger partial charge on any atom is 0.220 e. The quantitative estimate of drug-likeness (QED) is 0.728. The van der Waals surface area contributed by atoms with Crippen molar-refractivity contribution in [2.45, 2.75) is 13.3 Å². The van der Waals surface area contributed by atoms with Crippen molar-refractivity contribution in [1.29, 1.82) is 0 Å². The van der Waals surface area contributed by atoms with Gasteiger partial charge in [-0.3, -0.25) is 4.79 Å². The zero-order chi connectivity index (χ0) is 9.84. The molecule has 1 aromatic rings. The number of primary amides is 1. The Labute approximate surface area is 77.2 Å². The van der Waals surface area contributed by atoms with Gasteiger partial charge in [0.15, 0.2) is 0 Å². The number of amides is 1. The van der Waals surface area contributed by atoms with E-state index in [0.29, 0.717) is 6.42 Å². The van der Waals surface area contributed by atoms with E-state index in [0.717, 1.165) is 5.56 Å². The number of phenolic OH excluding ortho intramolecular Hbond substituents is 1. The molecule has 1 aromatic carbocycles. The molecule has 0 fully saturated rings. The highest BCUT2D eigenvalue weighted by atomic mass is 16.3. The van der Waals surface area contributed by atoms with Crippen molar-refractivity contribution < 1.29 is 9.90 Å². The van der Waals surface area contributed by atoms with Gasteiger partial charge in [-0.25, -0.2) is 0 Å². The lowest BCUT2D eigenvalue weighted by molar-refractivity contribution is -0.121. The Kier molecular flexibility index (Phi) is 2.90. The molecule has 1 rings (SSSR count). The van der Waals surface area contributed by atoms with Gasteiger partial charge in [0.25, 0.3) is 0 Å². The second-order valence-electron chi connectivity index (χ2n) is 3.18. The van der Waals surface area contributed by atoms with E-state index in [9.17, 15) is 4.79 Å². The lowest BCUT2D eigenvalue weighted by Gasteiger charge is -2.06. The fourth-order valence-corrected chi connectivity index (χ4v) is 1.14. The summed E-state index contributed by atoms with van der Waals surface area (Å²) < 4.78 is 0. The van der Waals surface area contributed by atoms with Crippen molar-refractivity contribution in [3.63, 3.8) is 0 Å². The average Bonchev–Trinajstić information content (AvgIpc) is 2.04. The van der Waals surface area contributed by atoms with Crippen LogP contribution < -0.4 is 5.73 Å². The average molecular weight is 179 g/mol. The van der Waals surface area contributed by atoms with Crippen LogP contribution in [0.25, 0.3) is 0 Å². The molecule has 3 N–H and O–H groups in total. The molecule has 1 atom stereocenters. The third-order valence-electron chi connectivity index (χ3n) is 1.94. The summed E-state index contributed by atoms with van der Waals surface area (Å²) in [5.41, 5.74) is 6.04. The summed E-state index contributed by atoms with van der Waals surface area (Å²) in [6, 6.07) is 6.84. The molecule has 0 aliphatic rings. The summed E-state index contributed by atoms with van der Waals surface area (Å²) in [5.74, 6) is -0.292. The van der Waals surface area contributed by atoms with Crippen molar-refractivity contribution >= 4 is 5.91 Å². The van der Waals surface area contributed by atoms with Crippen LogP contribution in [-0.4, -0.2) is 11.0 Å². The fraction of sp³-hybridized carbons (Fsp3) is 0.300. The predicted molar refractivity (Wildman–Crippen MR) is 50.2 cm³/mol. The molecule has 0 saturated heterocycles. The summed E-state index contributed by atoms with van der Waals surface area (Å²) in [7, 11) is 0. The van der Waals surface area contributed by atoms with Crippen molar-refractivity contribution in [2.24, 2.45) is 11.7 Å². The monoisotopic (exact) mass is 179 g/mol. The Balaban J connectivity index is 2.69. The number of carbonyl (C=O) groups excluding carboxylic acids is 1. The van der Waals surface area contributed by atoms with E-state index in [2.05, 4.69) is 0 Å². The molecular weight excluding hydrogens is 166 g/mol. The molecule has 3 nitrogen and oxygen atoms in total. The number of rotatable bonds is 3. The topological polar surface area (TPSA) is 63.3 Å². The zero-order valence-electron chi connectivity index (χ0n) is 7.53. The summed E-state index contributed by atoms with van der Waals surface area (Å²) in [5, 5.41) is 9.15. The first kappa shape index (κ1) is 9.58. The first-order valence-corrected chi connectivity index (χ1v) is 4.17. The molecule has 3 heteroatoms. The Morgan fingerprint density at radius 3 is 2.85 bits per heavy atom. The molecule has 0 aliphatic carbocycles. The van der Waals surface area contributed by atoms with Crippen molar-refractivity contribution in [3.8, 4) is 5.75 Å². The predicted octanol–water partition coefficient (Wildman–Crippen LogP) is 1.06. The number of hydrogen-bond acceptors (Lipinski definition) is 2. The largest absolute Gasteiger partial charge is 0.508 e. The van der Waals surface area contributed by atoms with Gasteiger partial charge in [-0.15, -0.1) is 0 Å². The Morgan fingerprint density at radius 1 is 1.62 bits per heavy atom. The molecular formula is C10H13NO2. The third-order valence-corrected chi connectivity index (χ3v) is 1.94. The van der Waals surface area contributed by atoms with E-state index in [4.69, 9.17) is 10.8 Å². The molecule has 0 heterocycles. The normalized spacial score (nSPS) is 12.4. The number of hydrogen-bond donors (Lipinski definition) is 2. The summed E-state index contributed by atoms with van der Waals surface area (Å²) in [6.45, 7) is 1.77. The smallest absolute Gasteiger partial charge is 0.220 e. The standard InChI is InChI=1S/C10H13NO2/c1-7(10(11)13)5-8-3-2-4-9(12)6-8/h2-4,6-7,12H,5H2,1H3,(H2,11,13). The molecule has 0 saturated carbocycles. The number of carbonyl (C=O) groups is 1. The second-order valence-corrected chi connectivity index (χ2v) is 3.18. The van der Waals surface area contributed by atoms with Gasteiger partial charge >= 0.3 is 0 Å². The SMILES string of the molecule is CC(Cc1cccc(O)c1)C(N)=O. The number of nitrogens with two attached hydrogens (primary N) is 1. The maximum atomic E-state index is 10.7. The first-order chi connectivity index (χ1) is 6.09. The highest BCUT2D eigenvalue weighted by Crippen LogP contribution is 2.14. The van der Waals surface area contributed by atoms with Gasteiger partial charge < -0.3 is 10.8 Å². The Morgan fingerprint density at radius 2 is 2.31 bits per heavy atom. The minimum Gasteiger partial charge on any atom is -0.508 e. The third kappa shape index (κ3) is 2.78. The van der Waals surface area contributed by atoms with Crippen LogP contribution >= 0.6 is 0 Å². The first-order valence-electron chi connectivity index (χ1n) is 4.17. The van der Waals surface area contributed by atoms with Crippen molar-refractivity contribution in [1.82, 2.24) is 0 Å². The van der Waals surface area contributed by atoms with Crippen molar-refractivity contribution in [2.75, 3.05) is 0 Å². The summed E-state index contributed by atoms with van der Waals surface area (Å²) in [4.78, 5) is 10.7. The highest BCUT2D eigenvalue weighted by Gasteiger charge is 2.09. The van der Waals surface area contributed by atoms with E-state index in [1.165, 1.54) is 0 Å². The Bertz CT molecular complexity index is 310. The molecule has 0 bridgehead atoms. The molecule has 70 valence electrons.